The highest BCUT2D eigenvalue weighted by molar-refractivity contribution is 5.76. The molecule has 0 bridgehead atoms. The van der Waals surface area contributed by atoms with Crippen molar-refractivity contribution in [3.05, 3.63) is 0 Å². The van der Waals surface area contributed by atoms with E-state index in [-0.39, 0.29) is 6.04 Å². The molecule has 0 aliphatic heterocycles. The molecule has 0 aromatic rings. The maximum atomic E-state index is 11.8. The summed E-state index contributed by atoms with van der Waals surface area (Å²) in [5.74, 6) is -0.195. The van der Waals surface area contributed by atoms with Gasteiger partial charge in [0.05, 0.1) is 6.42 Å². The van der Waals surface area contributed by atoms with E-state index in [2.05, 4.69) is 5.32 Å². The van der Waals surface area contributed by atoms with Crippen molar-refractivity contribution in [2.45, 2.75) is 37.9 Å². The van der Waals surface area contributed by atoms with Gasteiger partial charge in [0, 0.05) is 19.0 Å². The first-order valence-corrected chi connectivity index (χ1v) is 4.98. The molecule has 15 heavy (non-hydrogen) atoms. The maximum absolute atomic E-state index is 11.8. The summed E-state index contributed by atoms with van der Waals surface area (Å²) in [5, 5.41) is 2.54. The van der Waals surface area contributed by atoms with Gasteiger partial charge < -0.3 is 11.1 Å². The summed E-state index contributed by atoms with van der Waals surface area (Å²) >= 11 is 0. The van der Waals surface area contributed by atoms with Crippen LogP contribution in [0.25, 0.3) is 0 Å². The number of carbonyl (C=O) groups is 1. The number of alkyl halides is 3. The molecule has 1 saturated carbocycles. The van der Waals surface area contributed by atoms with E-state index >= 15 is 0 Å². The molecule has 0 spiro atoms. The molecule has 0 radical (unpaired) electrons. The number of rotatable bonds is 5. The van der Waals surface area contributed by atoms with Crippen molar-refractivity contribution in [1.29, 1.82) is 0 Å². The van der Waals surface area contributed by atoms with E-state index in [9.17, 15) is 18.0 Å². The molecule has 1 rings (SSSR count). The zero-order chi connectivity index (χ0) is 11.5. The molecule has 0 saturated heterocycles. The lowest BCUT2D eigenvalue weighted by molar-refractivity contribution is -0.144. The van der Waals surface area contributed by atoms with E-state index in [1.54, 1.807) is 0 Å². The van der Waals surface area contributed by atoms with Crippen LogP contribution in [0, 0.1) is 5.92 Å². The Bertz CT molecular complexity index is 226. The standard InChI is InChI=1S/C9H15F3N2O/c10-9(11,12)4-3-8(15)14-7(5-13)6-1-2-6/h6-7H,1-5,13H2,(H,14,15). The van der Waals surface area contributed by atoms with Gasteiger partial charge in [-0.3, -0.25) is 4.79 Å². The minimum atomic E-state index is -4.27. The van der Waals surface area contributed by atoms with Crippen LogP contribution in [-0.2, 0) is 4.79 Å². The molecule has 1 aliphatic carbocycles. The molecule has 3 N–H and O–H groups in total. The molecule has 1 amide bonds. The summed E-state index contributed by atoms with van der Waals surface area (Å²) < 4.78 is 35.4. The van der Waals surface area contributed by atoms with E-state index in [0.717, 1.165) is 12.8 Å². The number of nitrogens with one attached hydrogen (secondary N) is 1. The van der Waals surface area contributed by atoms with Crippen LogP contribution in [0.4, 0.5) is 13.2 Å². The highest BCUT2D eigenvalue weighted by atomic mass is 19.4. The Balaban J connectivity index is 2.22. The predicted octanol–water partition coefficient (Wildman–Crippen LogP) is 1.18. The SMILES string of the molecule is NCC(NC(=O)CCC(F)(F)F)C1CC1. The molecule has 3 nitrogen and oxygen atoms in total. The summed E-state index contributed by atoms with van der Waals surface area (Å²) in [6.07, 6.45) is -3.84. The average molecular weight is 224 g/mol. The van der Waals surface area contributed by atoms with Crippen LogP contribution in [0.1, 0.15) is 25.7 Å². The van der Waals surface area contributed by atoms with E-state index in [0.29, 0.717) is 12.5 Å². The summed E-state index contributed by atoms with van der Waals surface area (Å²) in [6, 6.07) is -0.147. The third kappa shape index (κ3) is 5.01. The second-order valence-electron chi connectivity index (χ2n) is 3.86. The van der Waals surface area contributed by atoms with E-state index in [4.69, 9.17) is 5.73 Å². The highest BCUT2D eigenvalue weighted by Crippen LogP contribution is 2.32. The lowest BCUT2D eigenvalue weighted by Crippen LogP contribution is -2.41. The van der Waals surface area contributed by atoms with Crippen LogP contribution in [0.5, 0.6) is 0 Å². The van der Waals surface area contributed by atoms with Gasteiger partial charge in [0.25, 0.3) is 0 Å². The van der Waals surface area contributed by atoms with E-state index in [1.165, 1.54) is 0 Å². The van der Waals surface area contributed by atoms with Crippen molar-refractivity contribution >= 4 is 5.91 Å². The predicted molar refractivity (Wildman–Crippen MR) is 49.0 cm³/mol. The summed E-state index contributed by atoms with van der Waals surface area (Å²) in [6.45, 7) is 0.294. The third-order valence-electron chi connectivity index (χ3n) is 2.43. The molecule has 1 atom stereocenters. The second-order valence-corrected chi connectivity index (χ2v) is 3.86. The van der Waals surface area contributed by atoms with Crippen molar-refractivity contribution in [2.75, 3.05) is 6.54 Å². The van der Waals surface area contributed by atoms with Gasteiger partial charge in [-0.1, -0.05) is 0 Å². The Morgan fingerprint density at radius 1 is 1.47 bits per heavy atom. The van der Waals surface area contributed by atoms with Gasteiger partial charge in [-0.2, -0.15) is 13.2 Å². The van der Waals surface area contributed by atoms with Crippen LogP contribution < -0.4 is 11.1 Å². The monoisotopic (exact) mass is 224 g/mol. The Hall–Kier alpha value is -0.780. The van der Waals surface area contributed by atoms with Crippen molar-refractivity contribution in [1.82, 2.24) is 5.32 Å². The van der Waals surface area contributed by atoms with Crippen molar-refractivity contribution in [3.8, 4) is 0 Å². The largest absolute Gasteiger partial charge is 0.389 e. The van der Waals surface area contributed by atoms with Gasteiger partial charge in [-0.25, -0.2) is 0 Å². The molecule has 0 heterocycles. The number of halogens is 3. The molecule has 6 heteroatoms. The van der Waals surface area contributed by atoms with Crippen LogP contribution >= 0.6 is 0 Å². The molecule has 1 aliphatic rings. The van der Waals surface area contributed by atoms with Gasteiger partial charge in [0.2, 0.25) is 5.91 Å². The van der Waals surface area contributed by atoms with Crippen LogP contribution in [0.2, 0.25) is 0 Å². The van der Waals surface area contributed by atoms with Gasteiger partial charge in [0.1, 0.15) is 0 Å². The van der Waals surface area contributed by atoms with E-state index < -0.39 is 24.9 Å². The normalized spacial score (nSPS) is 18.7. The first-order valence-electron chi connectivity index (χ1n) is 4.98. The molecule has 1 unspecified atom stereocenters. The first-order chi connectivity index (χ1) is 6.92. The Morgan fingerprint density at radius 3 is 2.47 bits per heavy atom. The summed E-state index contributed by atoms with van der Waals surface area (Å²) in [4.78, 5) is 11.1. The highest BCUT2D eigenvalue weighted by Gasteiger charge is 2.32. The molecule has 0 aromatic carbocycles. The van der Waals surface area contributed by atoms with E-state index in [1.807, 2.05) is 0 Å². The smallest absolute Gasteiger partial charge is 0.352 e. The number of carbonyl (C=O) groups excluding carboxylic acids is 1. The number of hydrogen-bond acceptors (Lipinski definition) is 2. The third-order valence-corrected chi connectivity index (χ3v) is 2.43. The number of nitrogens with two attached hydrogens (primary N) is 1. The fourth-order valence-electron chi connectivity index (χ4n) is 1.40. The minimum absolute atomic E-state index is 0.147. The van der Waals surface area contributed by atoms with Crippen LogP contribution in [0.3, 0.4) is 0 Å². The lowest BCUT2D eigenvalue weighted by atomic mass is 10.1. The fraction of sp³-hybridized carbons (Fsp3) is 0.889. The molecule has 1 fully saturated rings. The van der Waals surface area contributed by atoms with Gasteiger partial charge in [-0.05, 0) is 18.8 Å². The lowest BCUT2D eigenvalue weighted by Gasteiger charge is -2.16. The van der Waals surface area contributed by atoms with Crippen molar-refractivity contribution in [2.24, 2.45) is 11.7 Å². The maximum Gasteiger partial charge on any atom is 0.389 e. The van der Waals surface area contributed by atoms with Crippen molar-refractivity contribution < 1.29 is 18.0 Å². The fourth-order valence-corrected chi connectivity index (χ4v) is 1.40. The number of amides is 1. The topological polar surface area (TPSA) is 55.1 Å². The second kappa shape index (κ2) is 4.83. The summed E-state index contributed by atoms with van der Waals surface area (Å²) in [5.41, 5.74) is 5.41. The quantitative estimate of drug-likeness (QED) is 0.736. The minimum Gasteiger partial charge on any atom is -0.352 e. The zero-order valence-corrected chi connectivity index (χ0v) is 8.31. The van der Waals surface area contributed by atoms with Crippen molar-refractivity contribution in [3.63, 3.8) is 0 Å². The molecular formula is C9H15F3N2O. The van der Waals surface area contributed by atoms with Gasteiger partial charge >= 0.3 is 6.18 Å². The van der Waals surface area contributed by atoms with Crippen LogP contribution in [0.15, 0.2) is 0 Å². The number of hydrogen-bond donors (Lipinski definition) is 2. The molecular weight excluding hydrogens is 209 g/mol. The van der Waals surface area contributed by atoms with Gasteiger partial charge in [-0.15, -0.1) is 0 Å². The molecule has 88 valence electrons. The van der Waals surface area contributed by atoms with Gasteiger partial charge in [0.15, 0.2) is 0 Å². The average Bonchev–Trinajstić information content (AvgIpc) is 2.93. The zero-order valence-electron chi connectivity index (χ0n) is 8.31. The Labute approximate surface area is 86.2 Å². The Kier molecular flexibility index (Phi) is 3.96. The first kappa shape index (κ1) is 12.3. The summed E-state index contributed by atoms with van der Waals surface area (Å²) in [7, 11) is 0. The Morgan fingerprint density at radius 2 is 2.07 bits per heavy atom. The molecule has 0 aromatic heterocycles. The van der Waals surface area contributed by atoms with Crippen LogP contribution in [-0.4, -0.2) is 24.7 Å².